The number of amides is 2. The van der Waals surface area contributed by atoms with E-state index in [2.05, 4.69) is 20.9 Å². The van der Waals surface area contributed by atoms with Gasteiger partial charge in [0.25, 0.3) is 5.91 Å². The van der Waals surface area contributed by atoms with Crippen LogP contribution < -0.4 is 16.0 Å². The van der Waals surface area contributed by atoms with Gasteiger partial charge in [0.05, 0.1) is 6.54 Å². The first-order valence-electron chi connectivity index (χ1n) is 8.04. The second kappa shape index (κ2) is 7.70. The molecule has 0 aliphatic heterocycles. The predicted octanol–water partition coefficient (Wildman–Crippen LogP) is 2.27. The topological polar surface area (TPSA) is 83.1 Å². The highest BCUT2D eigenvalue weighted by Gasteiger charge is 2.20. The van der Waals surface area contributed by atoms with E-state index in [0.29, 0.717) is 17.1 Å². The van der Waals surface area contributed by atoms with Crippen molar-refractivity contribution >= 4 is 23.3 Å². The van der Waals surface area contributed by atoms with Crippen molar-refractivity contribution in [3.05, 3.63) is 54.2 Å². The number of carbonyl (C=O) groups excluding carboxylic acids is 2. The van der Waals surface area contributed by atoms with Crippen LogP contribution in [-0.2, 0) is 4.79 Å². The molecule has 1 saturated carbocycles. The molecule has 0 radical (unpaired) electrons. The minimum Gasteiger partial charge on any atom is -0.325 e. The van der Waals surface area contributed by atoms with Crippen LogP contribution in [0.4, 0.5) is 11.5 Å². The summed E-state index contributed by atoms with van der Waals surface area (Å²) in [7, 11) is 0. The summed E-state index contributed by atoms with van der Waals surface area (Å²) in [6.45, 7) is 1.17. The third-order valence-corrected chi connectivity index (χ3v) is 3.73. The summed E-state index contributed by atoms with van der Waals surface area (Å²) in [4.78, 5) is 28.2. The average molecular weight is 324 g/mol. The summed E-state index contributed by atoms with van der Waals surface area (Å²) in [5, 5.41) is 8.65. The van der Waals surface area contributed by atoms with Crippen LogP contribution in [0.15, 0.2) is 48.7 Å². The van der Waals surface area contributed by atoms with Crippen LogP contribution in [0, 0.1) is 5.92 Å². The minimum atomic E-state index is -0.267. The summed E-state index contributed by atoms with van der Waals surface area (Å²) in [6.07, 6.45) is 4.12. The Labute approximate surface area is 140 Å². The Bertz CT molecular complexity index is 714. The Morgan fingerprint density at radius 3 is 2.71 bits per heavy atom. The van der Waals surface area contributed by atoms with Crippen molar-refractivity contribution in [2.24, 2.45) is 5.92 Å². The molecule has 0 atom stereocenters. The van der Waals surface area contributed by atoms with Gasteiger partial charge in [-0.3, -0.25) is 9.59 Å². The van der Waals surface area contributed by atoms with Crippen LogP contribution in [0.3, 0.4) is 0 Å². The molecule has 1 aromatic carbocycles. The molecule has 1 heterocycles. The molecule has 0 unspecified atom stereocenters. The van der Waals surface area contributed by atoms with Crippen molar-refractivity contribution in [1.82, 2.24) is 10.3 Å². The van der Waals surface area contributed by atoms with E-state index in [0.717, 1.165) is 12.5 Å². The molecule has 2 amide bonds. The second-order valence-corrected chi connectivity index (χ2v) is 5.87. The van der Waals surface area contributed by atoms with Crippen LogP contribution in [-0.4, -0.2) is 29.9 Å². The van der Waals surface area contributed by atoms with Gasteiger partial charge in [0, 0.05) is 17.4 Å². The van der Waals surface area contributed by atoms with E-state index in [1.165, 1.54) is 12.8 Å². The van der Waals surface area contributed by atoms with E-state index in [1.54, 1.807) is 48.7 Å². The highest BCUT2D eigenvalue weighted by molar-refractivity contribution is 6.05. The molecule has 0 bridgehead atoms. The van der Waals surface area contributed by atoms with E-state index in [4.69, 9.17) is 0 Å². The fourth-order valence-corrected chi connectivity index (χ4v) is 2.28. The van der Waals surface area contributed by atoms with Crippen LogP contribution >= 0.6 is 0 Å². The number of hydrogen-bond donors (Lipinski definition) is 3. The van der Waals surface area contributed by atoms with Crippen molar-refractivity contribution < 1.29 is 9.59 Å². The van der Waals surface area contributed by atoms with Crippen molar-refractivity contribution in [2.75, 3.05) is 23.7 Å². The summed E-state index contributed by atoms with van der Waals surface area (Å²) < 4.78 is 0. The van der Waals surface area contributed by atoms with Crippen LogP contribution in [0.5, 0.6) is 0 Å². The number of carbonyl (C=O) groups is 2. The van der Waals surface area contributed by atoms with E-state index >= 15 is 0 Å². The number of hydrogen-bond acceptors (Lipinski definition) is 4. The molecule has 124 valence electrons. The number of anilines is 2. The molecule has 1 aliphatic carbocycles. The van der Waals surface area contributed by atoms with Gasteiger partial charge in [0.15, 0.2) is 0 Å². The maximum Gasteiger partial charge on any atom is 0.256 e. The molecule has 1 aromatic heterocycles. The molecule has 0 saturated heterocycles. The monoisotopic (exact) mass is 324 g/mol. The van der Waals surface area contributed by atoms with Crippen LogP contribution in [0.2, 0.25) is 0 Å². The number of rotatable bonds is 7. The van der Waals surface area contributed by atoms with Gasteiger partial charge < -0.3 is 16.0 Å². The van der Waals surface area contributed by atoms with Crippen molar-refractivity contribution in [2.45, 2.75) is 12.8 Å². The zero-order valence-electron chi connectivity index (χ0n) is 13.3. The van der Waals surface area contributed by atoms with Crippen molar-refractivity contribution in [3.8, 4) is 0 Å². The lowest BCUT2D eigenvalue weighted by atomic mass is 10.2. The Kier molecular flexibility index (Phi) is 5.18. The first-order valence-corrected chi connectivity index (χ1v) is 8.04. The molecule has 6 heteroatoms. The lowest BCUT2D eigenvalue weighted by Gasteiger charge is -2.08. The Morgan fingerprint density at radius 2 is 1.96 bits per heavy atom. The molecular weight excluding hydrogens is 304 g/mol. The number of aromatic nitrogens is 1. The highest BCUT2D eigenvalue weighted by atomic mass is 16.2. The molecule has 6 nitrogen and oxygen atoms in total. The number of nitrogens with one attached hydrogen (secondary N) is 3. The molecule has 3 rings (SSSR count). The van der Waals surface area contributed by atoms with Gasteiger partial charge in [0.1, 0.15) is 5.82 Å². The summed E-state index contributed by atoms with van der Waals surface area (Å²) in [5.41, 5.74) is 1.06. The van der Waals surface area contributed by atoms with Crippen molar-refractivity contribution in [1.29, 1.82) is 0 Å². The van der Waals surface area contributed by atoms with E-state index in [1.807, 2.05) is 0 Å². The Balaban J connectivity index is 1.54. The van der Waals surface area contributed by atoms with Gasteiger partial charge in [-0.2, -0.15) is 0 Å². The first-order chi connectivity index (χ1) is 11.7. The zero-order chi connectivity index (χ0) is 16.8. The third kappa shape index (κ3) is 4.89. The molecule has 1 aliphatic rings. The van der Waals surface area contributed by atoms with E-state index in [-0.39, 0.29) is 18.4 Å². The Hall–Kier alpha value is -2.73. The number of benzene rings is 1. The fraction of sp³-hybridized carbons (Fsp3) is 0.278. The van der Waals surface area contributed by atoms with Gasteiger partial charge in [-0.15, -0.1) is 0 Å². The standard InChI is InChI=1S/C18H20N4O2/c23-17(12-19-11-13-7-8-13)21-15-5-3-4-14(10-15)18(24)22-16-6-1-2-9-20-16/h1-6,9-10,13,19H,7-8,11-12H2,(H,21,23)(H,20,22,24). The molecule has 3 N–H and O–H groups in total. The highest BCUT2D eigenvalue weighted by Crippen LogP contribution is 2.27. The van der Waals surface area contributed by atoms with Gasteiger partial charge in [-0.25, -0.2) is 4.98 Å². The van der Waals surface area contributed by atoms with Crippen LogP contribution in [0.25, 0.3) is 0 Å². The molecule has 0 spiro atoms. The van der Waals surface area contributed by atoms with Gasteiger partial charge >= 0.3 is 0 Å². The van der Waals surface area contributed by atoms with Crippen molar-refractivity contribution in [3.63, 3.8) is 0 Å². The minimum absolute atomic E-state index is 0.113. The smallest absolute Gasteiger partial charge is 0.256 e. The van der Waals surface area contributed by atoms with E-state index in [9.17, 15) is 9.59 Å². The van der Waals surface area contributed by atoms with Gasteiger partial charge in [-0.1, -0.05) is 12.1 Å². The third-order valence-electron chi connectivity index (χ3n) is 3.73. The predicted molar refractivity (Wildman–Crippen MR) is 92.9 cm³/mol. The maximum absolute atomic E-state index is 12.2. The first kappa shape index (κ1) is 16.1. The summed E-state index contributed by atoms with van der Waals surface area (Å²) in [6, 6.07) is 12.1. The summed E-state index contributed by atoms with van der Waals surface area (Å²) >= 11 is 0. The molecule has 2 aromatic rings. The van der Waals surface area contributed by atoms with E-state index < -0.39 is 0 Å². The summed E-state index contributed by atoms with van der Waals surface area (Å²) in [5.74, 6) is 0.840. The maximum atomic E-state index is 12.2. The van der Waals surface area contributed by atoms with Gasteiger partial charge in [0.2, 0.25) is 5.91 Å². The largest absolute Gasteiger partial charge is 0.325 e. The quantitative estimate of drug-likeness (QED) is 0.729. The normalized spacial score (nSPS) is 13.3. The molecule has 1 fully saturated rings. The number of nitrogens with zero attached hydrogens (tertiary/aromatic N) is 1. The van der Waals surface area contributed by atoms with Gasteiger partial charge in [-0.05, 0) is 55.6 Å². The SMILES string of the molecule is O=C(CNCC1CC1)Nc1cccc(C(=O)Nc2ccccn2)c1. The molecule has 24 heavy (non-hydrogen) atoms. The molecular formula is C18H20N4O2. The number of pyridine rings is 1. The van der Waals surface area contributed by atoms with Crippen LogP contribution in [0.1, 0.15) is 23.2 Å². The lowest BCUT2D eigenvalue weighted by molar-refractivity contribution is -0.115. The lowest BCUT2D eigenvalue weighted by Crippen LogP contribution is -2.29. The fourth-order valence-electron chi connectivity index (χ4n) is 2.28. The Morgan fingerprint density at radius 1 is 1.08 bits per heavy atom. The average Bonchev–Trinajstić information content (AvgIpc) is 3.40. The second-order valence-electron chi connectivity index (χ2n) is 5.87. The zero-order valence-corrected chi connectivity index (χ0v) is 13.3.